The zero-order valence-electron chi connectivity index (χ0n) is 13.9. The van der Waals surface area contributed by atoms with E-state index in [4.69, 9.17) is 12.2 Å². The van der Waals surface area contributed by atoms with Gasteiger partial charge in [0.2, 0.25) is 5.91 Å². The minimum Gasteiger partial charge on any atom is -0.359 e. The van der Waals surface area contributed by atoms with Crippen molar-refractivity contribution in [3.63, 3.8) is 0 Å². The molecule has 1 fully saturated rings. The Morgan fingerprint density at radius 3 is 2.58 bits per heavy atom. The molecule has 6 nitrogen and oxygen atoms in total. The van der Waals surface area contributed by atoms with Gasteiger partial charge in [0.1, 0.15) is 0 Å². The Labute approximate surface area is 147 Å². The lowest BCUT2D eigenvalue weighted by Gasteiger charge is -2.16. The van der Waals surface area contributed by atoms with Crippen LogP contribution in [-0.4, -0.2) is 29.5 Å². The molecule has 0 heterocycles. The third-order valence-electron chi connectivity index (χ3n) is 4.03. The molecule has 0 radical (unpaired) electrons. The number of hydrogen-bond donors (Lipinski definition) is 4. The number of amides is 2. The fraction of sp³-hybridized carbons (Fsp3) is 0.471. The fourth-order valence-electron chi connectivity index (χ4n) is 2.69. The van der Waals surface area contributed by atoms with E-state index in [2.05, 4.69) is 21.5 Å². The molecule has 0 atom stereocenters. The van der Waals surface area contributed by atoms with E-state index in [0.717, 1.165) is 18.4 Å². The molecule has 0 saturated heterocycles. The summed E-state index contributed by atoms with van der Waals surface area (Å²) < 4.78 is 0. The fourth-order valence-corrected chi connectivity index (χ4v) is 2.91. The van der Waals surface area contributed by atoms with Gasteiger partial charge in [-0.25, -0.2) is 0 Å². The topological polar surface area (TPSA) is 82.3 Å². The van der Waals surface area contributed by atoms with Crippen molar-refractivity contribution in [2.24, 2.45) is 0 Å². The van der Waals surface area contributed by atoms with Crippen LogP contribution in [0.15, 0.2) is 24.3 Å². The van der Waals surface area contributed by atoms with Crippen molar-refractivity contribution in [1.29, 1.82) is 0 Å². The van der Waals surface area contributed by atoms with Crippen molar-refractivity contribution >= 4 is 29.1 Å². The molecule has 1 aromatic carbocycles. The Morgan fingerprint density at radius 2 is 1.88 bits per heavy atom. The van der Waals surface area contributed by atoms with Gasteiger partial charge in [-0.2, -0.15) is 0 Å². The first kappa shape index (κ1) is 18.2. The molecule has 24 heavy (non-hydrogen) atoms. The molecular formula is C17H24N4O2S. The van der Waals surface area contributed by atoms with Crippen molar-refractivity contribution in [1.82, 2.24) is 21.5 Å². The zero-order valence-corrected chi connectivity index (χ0v) is 14.7. The second-order valence-electron chi connectivity index (χ2n) is 5.95. The van der Waals surface area contributed by atoms with E-state index in [0.29, 0.717) is 16.7 Å². The summed E-state index contributed by atoms with van der Waals surface area (Å²) in [6.45, 7) is 2.15. The van der Waals surface area contributed by atoms with E-state index < -0.39 is 0 Å². The number of carbonyl (C=O) groups excluding carboxylic acids is 2. The second-order valence-corrected chi connectivity index (χ2v) is 6.36. The Bertz CT molecular complexity index is 600. The van der Waals surface area contributed by atoms with Gasteiger partial charge >= 0.3 is 0 Å². The smallest absolute Gasteiger partial charge is 0.251 e. The molecule has 1 aliphatic carbocycles. The molecule has 2 amide bonds. The molecule has 0 aliphatic heterocycles. The van der Waals surface area contributed by atoms with E-state index in [9.17, 15) is 9.59 Å². The van der Waals surface area contributed by atoms with Gasteiger partial charge in [-0.15, -0.1) is 0 Å². The van der Waals surface area contributed by atoms with Crippen LogP contribution in [0.3, 0.4) is 0 Å². The molecule has 0 bridgehead atoms. The van der Waals surface area contributed by atoms with Crippen LogP contribution in [0.4, 0.5) is 0 Å². The van der Waals surface area contributed by atoms with Crippen molar-refractivity contribution in [3.8, 4) is 0 Å². The highest BCUT2D eigenvalue weighted by atomic mass is 32.1. The quantitative estimate of drug-likeness (QED) is 0.479. The van der Waals surface area contributed by atoms with Crippen LogP contribution in [0.2, 0.25) is 0 Å². The predicted octanol–water partition coefficient (Wildman–Crippen LogP) is 1.55. The van der Waals surface area contributed by atoms with Gasteiger partial charge in [0, 0.05) is 24.6 Å². The number of rotatable bonds is 5. The van der Waals surface area contributed by atoms with Crippen LogP contribution in [0.5, 0.6) is 0 Å². The SMILES string of the molecule is Cc1ccccc1C(=O)NCCC(=O)NNC(=S)NC1CCCC1. The van der Waals surface area contributed by atoms with Crippen LogP contribution < -0.4 is 21.5 Å². The first-order chi connectivity index (χ1) is 11.6. The highest BCUT2D eigenvalue weighted by molar-refractivity contribution is 7.80. The van der Waals surface area contributed by atoms with Crippen LogP contribution in [0, 0.1) is 6.92 Å². The Morgan fingerprint density at radius 1 is 1.17 bits per heavy atom. The Hall–Kier alpha value is -2.15. The third kappa shape index (κ3) is 5.81. The number of benzene rings is 1. The van der Waals surface area contributed by atoms with Crippen molar-refractivity contribution in [2.75, 3.05) is 6.54 Å². The molecule has 1 saturated carbocycles. The van der Waals surface area contributed by atoms with Gasteiger partial charge in [-0.05, 0) is 43.6 Å². The molecule has 0 unspecified atom stereocenters. The summed E-state index contributed by atoms with van der Waals surface area (Å²) >= 11 is 5.13. The number of carbonyl (C=O) groups is 2. The van der Waals surface area contributed by atoms with Gasteiger partial charge in [0.05, 0.1) is 0 Å². The standard InChI is InChI=1S/C17H24N4O2S/c1-12-6-2-5-9-14(12)16(23)18-11-10-15(22)20-21-17(24)19-13-7-3-4-8-13/h2,5-6,9,13H,3-4,7-8,10-11H2,1H3,(H,18,23)(H,20,22)(H2,19,21,24). The number of nitrogens with one attached hydrogen (secondary N) is 4. The molecular weight excluding hydrogens is 324 g/mol. The lowest BCUT2D eigenvalue weighted by molar-refractivity contribution is -0.121. The minimum absolute atomic E-state index is 0.174. The summed E-state index contributed by atoms with van der Waals surface area (Å²) in [5.74, 6) is -0.400. The van der Waals surface area contributed by atoms with E-state index in [1.165, 1.54) is 12.8 Å². The van der Waals surface area contributed by atoms with Crippen molar-refractivity contribution < 1.29 is 9.59 Å². The zero-order chi connectivity index (χ0) is 17.4. The average molecular weight is 348 g/mol. The summed E-state index contributed by atoms with van der Waals surface area (Å²) in [7, 11) is 0. The number of hydrogen-bond acceptors (Lipinski definition) is 3. The molecule has 4 N–H and O–H groups in total. The van der Waals surface area contributed by atoms with E-state index >= 15 is 0 Å². The normalized spacial score (nSPS) is 14.0. The van der Waals surface area contributed by atoms with Gasteiger partial charge in [-0.3, -0.25) is 20.4 Å². The van der Waals surface area contributed by atoms with E-state index in [-0.39, 0.29) is 24.8 Å². The molecule has 7 heteroatoms. The maximum absolute atomic E-state index is 12.0. The van der Waals surface area contributed by atoms with Gasteiger partial charge < -0.3 is 10.6 Å². The first-order valence-electron chi connectivity index (χ1n) is 8.25. The summed E-state index contributed by atoms with van der Waals surface area (Å²) in [4.78, 5) is 23.8. The Kier molecular flexibility index (Phi) is 6.99. The van der Waals surface area contributed by atoms with Crippen molar-refractivity contribution in [3.05, 3.63) is 35.4 Å². The maximum atomic E-state index is 12.0. The molecule has 2 rings (SSSR count). The minimum atomic E-state index is -0.226. The highest BCUT2D eigenvalue weighted by Gasteiger charge is 2.15. The second kappa shape index (κ2) is 9.22. The summed E-state index contributed by atoms with van der Waals surface area (Å²) in [6, 6.07) is 7.74. The molecule has 130 valence electrons. The highest BCUT2D eigenvalue weighted by Crippen LogP contribution is 2.17. The maximum Gasteiger partial charge on any atom is 0.251 e. The number of aryl methyl sites for hydroxylation is 1. The number of hydrazine groups is 1. The largest absolute Gasteiger partial charge is 0.359 e. The predicted molar refractivity (Wildman–Crippen MR) is 97.4 cm³/mol. The van der Waals surface area contributed by atoms with Crippen molar-refractivity contribution in [2.45, 2.75) is 45.1 Å². The molecule has 1 aliphatic rings. The summed E-state index contributed by atoms with van der Waals surface area (Å²) in [5.41, 5.74) is 6.76. The monoisotopic (exact) mass is 348 g/mol. The van der Waals surface area contributed by atoms with Crippen LogP contribution in [0.25, 0.3) is 0 Å². The Balaban J connectivity index is 1.61. The lowest BCUT2D eigenvalue weighted by Crippen LogP contribution is -2.49. The third-order valence-corrected chi connectivity index (χ3v) is 4.25. The van der Waals surface area contributed by atoms with Crippen LogP contribution in [-0.2, 0) is 4.79 Å². The first-order valence-corrected chi connectivity index (χ1v) is 8.66. The molecule has 0 aromatic heterocycles. The van der Waals surface area contributed by atoms with Gasteiger partial charge in [0.15, 0.2) is 5.11 Å². The van der Waals surface area contributed by atoms with Gasteiger partial charge in [0.25, 0.3) is 5.91 Å². The van der Waals surface area contributed by atoms with E-state index in [1.807, 2.05) is 25.1 Å². The lowest BCUT2D eigenvalue weighted by atomic mass is 10.1. The van der Waals surface area contributed by atoms with E-state index in [1.54, 1.807) is 6.07 Å². The summed E-state index contributed by atoms with van der Waals surface area (Å²) in [5, 5.41) is 6.34. The van der Waals surface area contributed by atoms with Crippen LogP contribution >= 0.6 is 12.2 Å². The molecule has 0 spiro atoms. The average Bonchev–Trinajstić information content (AvgIpc) is 3.06. The van der Waals surface area contributed by atoms with Gasteiger partial charge in [-0.1, -0.05) is 31.0 Å². The summed E-state index contributed by atoms with van der Waals surface area (Å²) in [6.07, 6.45) is 4.83. The molecule has 1 aromatic rings. The van der Waals surface area contributed by atoms with Crippen LogP contribution in [0.1, 0.15) is 48.0 Å². The number of thiocarbonyl (C=S) groups is 1.